The van der Waals surface area contributed by atoms with Gasteiger partial charge in [0.2, 0.25) is 5.95 Å². The van der Waals surface area contributed by atoms with Crippen molar-refractivity contribution in [2.24, 2.45) is 0 Å². The molecule has 0 spiro atoms. The maximum atomic E-state index is 13.6. The molecule has 2 saturated heterocycles. The number of aromatic nitrogens is 3. The zero-order valence-corrected chi connectivity index (χ0v) is 22.4. The van der Waals surface area contributed by atoms with Crippen LogP contribution in [-0.2, 0) is 22.9 Å². The molecule has 0 bridgehead atoms. The molecule has 2 fully saturated rings. The molecule has 210 valence electrons. The molecular formula is C27H29N4O8P. The Labute approximate surface area is 228 Å². The van der Waals surface area contributed by atoms with Crippen molar-refractivity contribution in [2.75, 3.05) is 18.9 Å². The number of anilines is 1. The molecule has 0 amide bonds. The van der Waals surface area contributed by atoms with Gasteiger partial charge in [-0.15, -0.1) is 0 Å². The van der Waals surface area contributed by atoms with Crippen molar-refractivity contribution >= 4 is 24.8 Å². The van der Waals surface area contributed by atoms with Crippen LogP contribution in [0.3, 0.4) is 0 Å². The minimum Gasteiger partial charge on any atom is -0.387 e. The Kier molecular flexibility index (Phi) is 6.87. The van der Waals surface area contributed by atoms with E-state index in [1.54, 1.807) is 0 Å². The topological polar surface area (TPSA) is 171 Å². The van der Waals surface area contributed by atoms with Gasteiger partial charge in [-0.1, -0.05) is 60.7 Å². The maximum absolute atomic E-state index is 13.6. The van der Waals surface area contributed by atoms with Gasteiger partial charge in [0.15, 0.2) is 11.9 Å². The summed E-state index contributed by atoms with van der Waals surface area (Å²) in [6.45, 7) is 1.06. The average molecular weight is 569 g/mol. The van der Waals surface area contributed by atoms with Gasteiger partial charge < -0.3 is 25.3 Å². The molecular weight excluding hydrogens is 539 g/mol. The lowest BCUT2D eigenvalue weighted by molar-refractivity contribution is -0.0951. The first-order valence-electron chi connectivity index (χ1n) is 12.8. The van der Waals surface area contributed by atoms with E-state index in [1.807, 2.05) is 60.7 Å². The van der Waals surface area contributed by atoms with Crippen LogP contribution in [0, 0.1) is 0 Å². The SMILES string of the molecule is C[C@@]1(O)[C@H](O)[C@@H](COP2(=O)OC[C@H](c3ccccc3)[C@H](c3ccccc3)O2)O[C@H]1n1ccc2c(=O)[nH]c(N)nc21. The third-order valence-electron chi connectivity index (χ3n) is 7.38. The second kappa shape index (κ2) is 10.2. The van der Waals surface area contributed by atoms with Gasteiger partial charge in [0.1, 0.15) is 23.9 Å². The third-order valence-corrected chi connectivity index (χ3v) is 8.80. The van der Waals surface area contributed by atoms with Gasteiger partial charge in [0, 0.05) is 12.1 Å². The number of H-pyrrole nitrogens is 1. The fraction of sp³-hybridized carbons (Fsp3) is 0.333. The third kappa shape index (κ3) is 4.77. The monoisotopic (exact) mass is 568 g/mol. The number of hydrogen-bond acceptors (Lipinski definition) is 10. The normalized spacial score (nSPS) is 32.4. The molecule has 1 unspecified atom stereocenters. The Morgan fingerprint density at radius 3 is 2.52 bits per heavy atom. The number of aliphatic hydroxyl groups is 2. The van der Waals surface area contributed by atoms with E-state index in [-0.39, 0.29) is 29.5 Å². The van der Waals surface area contributed by atoms with E-state index in [0.717, 1.165) is 11.1 Å². The number of rotatable bonds is 6. The fourth-order valence-electron chi connectivity index (χ4n) is 5.27. The lowest BCUT2D eigenvalue weighted by Gasteiger charge is -2.36. The van der Waals surface area contributed by atoms with Crippen LogP contribution < -0.4 is 11.3 Å². The number of phosphoric ester groups is 1. The summed E-state index contributed by atoms with van der Waals surface area (Å²) in [5, 5.41) is 22.4. The molecule has 13 heteroatoms. The second-order valence-corrected chi connectivity index (χ2v) is 11.7. The number of benzene rings is 2. The summed E-state index contributed by atoms with van der Waals surface area (Å²) in [7, 11) is -4.10. The predicted molar refractivity (Wildman–Crippen MR) is 144 cm³/mol. The predicted octanol–water partition coefficient (Wildman–Crippen LogP) is 3.01. The van der Waals surface area contributed by atoms with Crippen molar-refractivity contribution in [3.05, 3.63) is 94.4 Å². The number of aromatic amines is 1. The Morgan fingerprint density at radius 2 is 1.82 bits per heavy atom. The minimum atomic E-state index is -4.10. The highest BCUT2D eigenvalue weighted by molar-refractivity contribution is 7.48. The van der Waals surface area contributed by atoms with Crippen molar-refractivity contribution < 1.29 is 33.1 Å². The number of nitrogens with zero attached hydrogens (tertiary/aromatic N) is 2. The first-order chi connectivity index (χ1) is 19.2. The summed E-state index contributed by atoms with van der Waals surface area (Å²) >= 11 is 0. The highest BCUT2D eigenvalue weighted by Crippen LogP contribution is 2.60. The van der Waals surface area contributed by atoms with Gasteiger partial charge in [-0.3, -0.25) is 23.3 Å². The molecule has 6 rings (SSSR count). The minimum absolute atomic E-state index is 0.0757. The van der Waals surface area contributed by atoms with Gasteiger partial charge in [-0.05, 0) is 24.1 Å². The lowest BCUT2D eigenvalue weighted by Crippen LogP contribution is -2.44. The van der Waals surface area contributed by atoms with Crippen molar-refractivity contribution in [1.82, 2.24) is 14.5 Å². The lowest BCUT2D eigenvalue weighted by atomic mass is 9.90. The molecule has 0 radical (unpaired) electrons. The van der Waals surface area contributed by atoms with E-state index in [0.29, 0.717) is 0 Å². The van der Waals surface area contributed by atoms with Crippen LogP contribution in [0.2, 0.25) is 0 Å². The number of nitrogen functional groups attached to an aromatic ring is 1. The van der Waals surface area contributed by atoms with Crippen LogP contribution in [0.25, 0.3) is 11.0 Å². The number of nitrogens with two attached hydrogens (primary N) is 1. The number of fused-ring (bicyclic) bond motifs is 1. The standard InChI is InChI=1S/C27H29N4O8P/c1-27(34)22(32)20(38-25(27)31-13-12-18-23(31)29-26(28)30-24(18)33)15-37-40(35)36-14-19(16-8-4-2-5-9-16)21(39-40)17-10-6-3-7-11-17/h2-13,19-22,25,32,34H,14-15H2,1H3,(H3,28,29,30,33)/t19-,20-,21+,22-,25-,27-,40?/m1/s1. The van der Waals surface area contributed by atoms with Gasteiger partial charge in [-0.25, -0.2) is 4.57 Å². The highest BCUT2D eigenvalue weighted by Gasteiger charge is 2.54. The van der Waals surface area contributed by atoms with E-state index in [2.05, 4.69) is 9.97 Å². The van der Waals surface area contributed by atoms with Crippen molar-refractivity contribution in [3.63, 3.8) is 0 Å². The summed E-state index contributed by atoms with van der Waals surface area (Å²) < 4.78 is 38.3. The molecule has 12 nitrogen and oxygen atoms in total. The summed E-state index contributed by atoms with van der Waals surface area (Å²) in [5.41, 5.74) is 5.37. The molecule has 5 N–H and O–H groups in total. The fourth-order valence-corrected chi connectivity index (χ4v) is 6.68. The van der Waals surface area contributed by atoms with Gasteiger partial charge >= 0.3 is 7.82 Å². The van der Waals surface area contributed by atoms with E-state index < -0.39 is 50.1 Å². The molecule has 0 aliphatic carbocycles. The van der Waals surface area contributed by atoms with Crippen molar-refractivity contribution in [3.8, 4) is 0 Å². The molecule has 4 aromatic rings. The average Bonchev–Trinajstić information content (AvgIpc) is 3.46. The zero-order valence-electron chi connectivity index (χ0n) is 21.5. The van der Waals surface area contributed by atoms with E-state index in [1.165, 1.54) is 23.8 Å². The van der Waals surface area contributed by atoms with Gasteiger partial charge in [0.05, 0.1) is 18.6 Å². The second-order valence-electron chi connectivity index (χ2n) is 10.1. The number of phosphoric acid groups is 1. The van der Waals surface area contributed by atoms with Crippen LogP contribution in [0.15, 0.2) is 77.7 Å². The van der Waals surface area contributed by atoms with Crippen LogP contribution in [0.4, 0.5) is 5.95 Å². The van der Waals surface area contributed by atoms with Crippen LogP contribution >= 0.6 is 7.82 Å². The molecule has 4 heterocycles. The summed E-state index contributed by atoms with van der Waals surface area (Å²) in [4.78, 5) is 18.8. The number of hydrogen-bond donors (Lipinski definition) is 4. The van der Waals surface area contributed by atoms with Crippen molar-refractivity contribution in [1.29, 1.82) is 0 Å². The maximum Gasteiger partial charge on any atom is 0.475 e. The number of nitrogens with one attached hydrogen (secondary N) is 1. The van der Waals surface area contributed by atoms with Crippen molar-refractivity contribution in [2.45, 2.75) is 43.0 Å². The number of ether oxygens (including phenoxy) is 1. The quantitative estimate of drug-likeness (QED) is 0.254. The molecule has 2 aromatic carbocycles. The largest absolute Gasteiger partial charge is 0.475 e. The molecule has 2 aliphatic heterocycles. The molecule has 0 saturated carbocycles. The van der Waals surface area contributed by atoms with Gasteiger partial charge in [-0.2, -0.15) is 4.98 Å². The molecule has 7 atom stereocenters. The first kappa shape index (κ1) is 26.9. The first-order valence-corrected chi connectivity index (χ1v) is 14.2. The summed E-state index contributed by atoms with van der Waals surface area (Å²) in [5.74, 6) is -0.347. The van der Waals surface area contributed by atoms with Crippen LogP contribution in [0.5, 0.6) is 0 Å². The van der Waals surface area contributed by atoms with E-state index in [4.69, 9.17) is 24.0 Å². The molecule has 2 aliphatic rings. The smallest absolute Gasteiger partial charge is 0.387 e. The Balaban J connectivity index is 1.22. The van der Waals surface area contributed by atoms with Gasteiger partial charge in [0.25, 0.3) is 5.56 Å². The highest BCUT2D eigenvalue weighted by atomic mass is 31.2. The van der Waals surface area contributed by atoms with Crippen LogP contribution in [0.1, 0.15) is 36.3 Å². The Morgan fingerprint density at radius 1 is 1.15 bits per heavy atom. The Hall–Kier alpha value is -3.35. The summed E-state index contributed by atoms with van der Waals surface area (Å²) in [6, 6.07) is 20.5. The zero-order chi connectivity index (χ0) is 28.1. The number of aliphatic hydroxyl groups excluding tert-OH is 1. The molecule has 40 heavy (non-hydrogen) atoms. The molecule has 2 aromatic heterocycles. The Bertz CT molecular complexity index is 1610. The van der Waals surface area contributed by atoms with Crippen LogP contribution in [-0.4, -0.2) is 55.8 Å². The van der Waals surface area contributed by atoms with E-state index >= 15 is 0 Å². The van der Waals surface area contributed by atoms with E-state index in [9.17, 15) is 19.6 Å². The summed E-state index contributed by atoms with van der Waals surface area (Å²) in [6.07, 6.45) is -2.83.